The first-order valence-corrected chi connectivity index (χ1v) is 7.66. The van der Waals surface area contributed by atoms with Gasteiger partial charge >= 0.3 is 17.9 Å². The second kappa shape index (κ2) is 10.0. The fourth-order valence-corrected chi connectivity index (χ4v) is 2.05. The van der Waals surface area contributed by atoms with E-state index in [1.807, 2.05) is 0 Å². The Labute approximate surface area is 144 Å². The summed E-state index contributed by atoms with van der Waals surface area (Å²) in [6.07, 6.45) is 2.21. The lowest BCUT2D eigenvalue weighted by Gasteiger charge is -2.22. The Kier molecular flexibility index (Phi) is 8.04. The minimum atomic E-state index is -1.65. The van der Waals surface area contributed by atoms with E-state index in [-0.39, 0.29) is 18.8 Å². The third-order valence-electron chi connectivity index (χ3n) is 3.18. The molecule has 9 nitrogen and oxygen atoms in total. The van der Waals surface area contributed by atoms with Crippen LogP contribution in [0.15, 0.2) is 24.5 Å². The number of carbonyl (C=O) groups is 4. The first-order chi connectivity index (χ1) is 11.9. The monoisotopic (exact) mass is 352 g/mol. The molecule has 9 heteroatoms. The van der Waals surface area contributed by atoms with Crippen LogP contribution in [0.2, 0.25) is 0 Å². The average molecular weight is 352 g/mol. The highest BCUT2D eigenvalue weighted by Crippen LogP contribution is 2.15. The molecule has 0 spiro atoms. The lowest BCUT2D eigenvalue weighted by molar-refractivity contribution is -0.159. The Bertz CT molecular complexity index is 618. The van der Waals surface area contributed by atoms with Gasteiger partial charge in [-0.05, 0) is 26.0 Å². The molecule has 0 aromatic carbocycles. The summed E-state index contributed by atoms with van der Waals surface area (Å²) in [5.74, 6) is -5.26. The number of aliphatic carboxylic acids is 1. The van der Waals surface area contributed by atoms with Crippen LogP contribution in [-0.4, -0.2) is 53.2 Å². The van der Waals surface area contributed by atoms with Gasteiger partial charge in [0, 0.05) is 18.0 Å². The van der Waals surface area contributed by atoms with Gasteiger partial charge in [-0.1, -0.05) is 0 Å². The Morgan fingerprint density at radius 2 is 1.72 bits per heavy atom. The van der Waals surface area contributed by atoms with Crippen molar-refractivity contribution in [2.45, 2.75) is 26.3 Å². The first-order valence-electron chi connectivity index (χ1n) is 7.66. The van der Waals surface area contributed by atoms with E-state index in [4.69, 9.17) is 9.47 Å². The van der Waals surface area contributed by atoms with Crippen LogP contribution in [0.25, 0.3) is 0 Å². The lowest BCUT2D eigenvalue weighted by Crippen LogP contribution is -2.49. The number of rotatable bonds is 9. The molecule has 0 aliphatic carbocycles. The maximum Gasteiger partial charge on any atom is 0.327 e. The van der Waals surface area contributed by atoms with Crippen molar-refractivity contribution in [3.8, 4) is 0 Å². The number of esters is 2. The van der Waals surface area contributed by atoms with Crippen LogP contribution in [0.3, 0.4) is 0 Å². The molecule has 0 unspecified atom stereocenters. The van der Waals surface area contributed by atoms with Gasteiger partial charge < -0.3 is 19.9 Å². The number of hydrogen-bond donors (Lipinski definition) is 2. The fraction of sp³-hybridized carbons (Fsp3) is 0.438. The summed E-state index contributed by atoms with van der Waals surface area (Å²) in [6, 6.07) is 1.13. The molecule has 1 aromatic rings. The van der Waals surface area contributed by atoms with Gasteiger partial charge in [-0.15, -0.1) is 0 Å². The molecule has 2 atom stereocenters. The lowest BCUT2D eigenvalue weighted by atomic mass is 9.95. The molecule has 1 aromatic heterocycles. The van der Waals surface area contributed by atoms with Gasteiger partial charge in [0.1, 0.15) is 6.04 Å². The third kappa shape index (κ3) is 6.21. The molecule has 0 radical (unpaired) electrons. The molecule has 0 saturated carbocycles. The van der Waals surface area contributed by atoms with Gasteiger partial charge in [-0.3, -0.25) is 19.4 Å². The summed E-state index contributed by atoms with van der Waals surface area (Å²) in [6.45, 7) is 3.21. The molecule has 0 aliphatic rings. The highest BCUT2D eigenvalue weighted by atomic mass is 16.5. The molecular formula is C16H20N2O7. The summed E-state index contributed by atoms with van der Waals surface area (Å²) >= 11 is 0. The predicted molar refractivity (Wildman–Crippen MR) is 84.5 cm³/mol. The van der Waals surface area contributed by atoms with Crippen LogP contribution >= 0.6 is 0 Å². The Morgan fingerprint density at radius 3 is 2.24 bits per heavy atom. The maximum atomic E-state index is 12.2. The second-order valence-electron chi connectivity index (χ2n) is 4.89. The number of nitrogens with one attached hydrogen (secondary N) is 1. The van der Waals surface area contributed by atoms with Crippen molar-refractivity contribution in [1.82, 2.24) is 10.3 Å². The van der Waals surface area contributed by atoms with Gasteiger partial charge in [0.05, 0.1) is 25.6 Å². The number of nitrogens with zero attached hydrogens (tertiary/aromatic N) is 1. The number of aromatic nitrogens is 1. The van der Waals surface area contributed by atoms with Crippen molar-refractivity contribution in [2.75, 3.05) is 13.2 Å². The van der Waals surface area contributed by atoms with Gasteiger partial charge in [0.15, 0.2) is 0 Å². The van der Waals surface area contributed by atoms with Crippen molar-refractivity contribution in [3.63, 3.8) is 0 Å². The van der Waals surface area contributed by atoms with E-state index < -0.39 is 42.2 Å². The van der Waals surface area contributed by atoms with E-state index in [2.05, 4.69) is 10.3 Å². The number of carbonyl (C=O) groups excluding carboxylic acids is 3. The summed E-state index contributed by atoms with van der Waals surface area (Å²) in [7, 11) is 0. The van der Waals surface area contributed by atoms with Gasteiger partial charge in [-0.25, -0.2) is 4.79 Å². The molecule has 0 fully saturated rings. The van der Waals surface area contributed by atoms with Gasteiger partial charge in [0.25, 0.3) is 5.91 Å². The molecule has 2 N–H and O–H groups in total. The molecule has 1 rings (SSSR count). The summed E-state index contributed by atoms with van der Waals surface area (Å²) in [5, 5.41) is 11.7. The zero-order valence-electron chi connectivity index (χ0n) is 13.9. The van der Waals surface area contributed by atoms with Gasteiger partial charge in [0.2, 0.25) is 0 Å². The van der Waals surface area contributed by atoms with Crippen molar-refractivity contribution < 1.29 is 33.8 Å². The van der Waals surface area contributed by atoms with E-state index in [9.17, 15) is 24.3 Å². The van der Waals surface area contributed by atoms with E-state index in [1.54, 1.807) is 13.8 Å². The first kappa shape index (κ1) is 20.1. The second-order valence-corrected chi connectivity index (χ2v) is 4.89. The number of pyridine rings is 1. The zero-order valence-corrected chi connectivity index (χ0v) is 13.9. The molecule has 1 amide bonds. The zero-order chi connectivity index (χ0) is 18.8. The summed E-state index contributed by atoms with van der Waals surface area (Å²) in [4.78, 5) is 51.3. The van der Waals surface area contributed by atoms with Crippen LogP contribution in [0.4, 0.5) is 0 Å². The number of carboxylic acid groups (broad SMARTS) is 1. The largest absolute Gasteiger partial charge is 0.480 e. The summed E-state index contributed by atoms with van der Waals surface area (Å²) < 4.78 is 9.59. The minimum absolute atomic E-state index is 0.00278. The minimum Gasteiger partial charge on any atom is -0.480 e. The van der Waals surface area contributed by atoms with Gasteiger partial charge in [-0.2, -0.15) is 0 Å². The van der Waals surface area contributed by atoms with Crippen LogP contribution in [0.5, 0.6) is 0 Å². The Morgan fingerprint density at radius 1 is 1.12 bits per heavy atom. The van der Waals surface area contributed by atoms with E-state index in [1.165, 1.54) is 24.5 Å². The number of amides is 1. The van der Waals surface area contributed by atoms with Crippen molar-refractivity contribution >= 4 is 23.8 Å². The smallest absolute Gasteiger partial charge is 0.327 e. The Balaban J connectivity index is 3.01. The van der Waals surface area contributed by atoms with E-state index >= 15 is 0 Å². The average Bonchev–Trinajstić information content (AvgIpc) is 2.58. The fourth-order valence-electron chi connectivity index (χ4n) is 2.05. The number of hydrogen-bond acceptors (Lipinski definition) is 7. The van der Waals surface area contributed by atoms with Crippen LogP contribution < -0.4 is 5.32 Å². The maximum absolute atomic E-state index is 12.2. The molecule has 136 valence electrons. The molecule has 25 heavy (non-hydrogen) atoms. The van der Waals surface area contributed by atoms with Crippen LogP contribution in [-0.2, 0) is 23.9 Å². The molecule has 1 heterocycles. The van der Waals surface area contributed by atoms with Crippen LogP contribution in [0, 0.1) is 5.92 Å². The SMILES string of the molecule is CCOC(=O)C[C@@H](C(=O)OCC)[C@H](NC(=O)c1ccncc1)C(=O)O. The standard InChI is InChI=1S/C16H20N2O7/c1-3-24-12(19)9-11(16(23)25-4-2)13(15(21)22)18-14(20)10-5-7-17-8-6-10/h5-8,11,13H,3-4,9H2,1-2H3,(H,18,20)(H,21,22)/t11-,13+/m1/s1. The molecular weight excluding hydrogens is 332 g/mol. The summed E-state index contributed by atoms with van der Waals surface area (Å²) in [5.41, 5.74) is 0.167. The highest BCUT2D eigenvalue weighted by molar-refractivity contribution is 5.98. The van der Waals surface area contributed by atoms with Crippen LogP contribution in [0.1, 0.15) is 30.6 Å². The normalized spacial score (nSPS) is 12.6. The quantitative estimate of drug-likeness (QED) is 0.610. The van der Waals surface area contributed by atoms with E-state index in [0.717, 1.165) is 0 Å². The number of ether oxygens (including phenoxy) is 2. The molecule has 0 bridgehead atoms. The highest BCUT2D eigenvalue weighted by Gasteiger charge is 2.38. The Hall–Kier alpha value is -2.97. The van der Waals surface area contributed by atoms with Crippen molar-refractivity contribution in [1.29, 1.82) is 0 Å². The topological polar surface area (TPSA) is 132 Å². The van der Waals surface area contributed by atoms with Crippen molar-refractivity contribution in [3.05, 3.63) is 30.1 Å². The molecule has 0 aliphatic heterocycles. The van der Waals surface area contributed by atoms with E-state index in [0.29, 0.717) is 0 Å². The number of carboxylic acids is 1. The third-order valence-corrected chi connectivity index (χ3v) is 3.18. The van der Waals surface area contributed by atoms with Crippen molar-refractivity contribution in [2.24, 2.45) is 5.92 Å². The predicted octanol–water partition coefficient (Wildman–Crippen LogP) is 0.397. The molecule has 0 saturated heterocycles.